The van der Waals surface area contributed by atoms with Crippen LogP contribution < -0.4 is 5.73 Å². The van der Waals surface area contributed by atoms with E-state index >= 15 is 0 Å². The Hall–Kier alpha value is -3.06. The molecule has 1 heteroatoms. The maximum atomic E-state index is 5.37. The van der Waals surface area contributed by atoms with E-state index in [0.717, 1.165) is 39.8 Å². The van der Waals surface area contributed by atoms with Crippen molar-refractivity contribution in [3.63, 3.8) is 0 Å². The lowest BCUT2D eigenvalue weighted by Crippen LogP contribution is -1.89. The molecule has 0 aliphatic rings. The van der Waals surface area contributed by atoms with Gasteiger partial charge in [0.25, 0.3) is 0 Å². The van der Waals surface area contributed by atoms with Crippen molar-refractivity contribution in [3.05, 3.63) is 120 Å². The molecule has 0 radical (unpaired) electrons. The van der Waals surface area contributed by atoms with Crippen LogP contribution in [0.5, 0.6) is 0 Å². The van der Waals surface area contributed by atoms with Crippen LogP contribution in [0.4, 0.5) is 0 Å². The lowest BCUT2D eigenvalue weighted by Gasteiger charge is -2.09. The molecule has 0 bridgehead atoms. The van der Waals surface area contributed by atoms with Crippen molar-refractivity contribution in [2.24, 2.45) is 5.73 Å². The highest BCUT2D eigenvalue weighted by Gasteiger charge is 2.04. The summed E-state index contributed by atoms with van der Waals surface area (Å²) in [5, 5.41) is 0. The molecule has 0 aliphatic carbocycles. The Bertz CT molecular complexity index is 861. The van der Waals surface area contributed by atoms with Crippen LogP contribution in [0, 0.1) is 0 Å². The Kier molecular flexibility index (Phi) is 6.99. The summed E-state index contributed by atoms with van der Waals surface area (Å²) < 4.78 is 0. The largest absolute Gasteiger partial charge is 0.405 e. The van der Waals surface area contributed by atoms with Gasteiger partial charge < -0.3 is 5.73 Å². The molecule has 2 N–H and O–H groups in total. The molecule has 26 heavy (non-hydrogen) atoms. The number of hydrogen-bond donors (Lipinski definition) is 1. The number of hydrogen-bond acceptors (Lipinski definition) is 1. The van der Waals surface area contributed by atoms with Crippen LogP contribution in [0.1, 0.15) is 36.1 Å². The first-order chi connectivity index (χ1) is 12.5. The van der Waals surface area contributed by atoms with E-state index in [1.165, 1.54) is 5.56 Å². The summed E-state index contributed by atoms with van der Waals surface area (Å²) in [7, 11) is 0. The van der Waals surface area contributed by atoms with Crippen molar-refractivity contribution in [1.29, 1.82) is 0 Å². The number of rotatable bonds is 7. The molecule has 0 unspecified atom stereocenters. The second-order valence-electron chi connectivity index (χ2n) is 6.44. The molecular weight excluding hydrogens is 314 g/mol. The summed E-state index contributed by atoms with van der Waals surface area (Å²) >= 11 is 0. The Labute approximate surface area is 157 Å². The SMILES string of the molecule is C=C(C)c1cccc(C(=C)c2ccc(C/C=C/C=C(C)\C=C/N)cc2)c1. The molecule has 2 rings (SSSR count). The minimum Gasteiger partial charge on any atom is -0.405 e. The van der Waals surface area contributed by atoms with Gasteiger partial charge in [0.15, 0.2) is 0 Å². The van der Waals surface area contributed by atoms with Gasteiger partial charge in [0, 0.05) is 0 Å². The molecule has 0 fully saturated rings. The molecule has 1 nitrogen and oxygen atoms in total. The molecule has 2 aromatic carbocycles. The van der Waals surface area contributed by atoms with Gasteiger partial charge in [0.05, 0.1) is 0 Å². The van der Waals surface area contributed by atoms with E-state index in [0.29, 0.717) is 0 Å². The first-order valence-electron chi connectivity index (χ1n) is 8.77. The smallest absolute Gasteiger partial charge is 0.00597 e. The molecule has 0 saturated heterocycles. The highest BCUT2D eigenvalue weighted by atomic mass is 14.5. The van der Waals surface area contributed by atoms with Crippen LogP contribution in [0.2, 0.25) is 0 Å². The van der Waals surface area contributed by atoms with E-state index in [1.54, 1.807) is 6.20 Å². The zero-order valence-corrected chi connectivity index (χ0v) is 15.7. The molecule has 0 saturated carbocycles. The van der Waals surface area contributed by atoms with Crippen molar-refractivity contribution >= 4 is 11.1 Å². The molecule has 0 spiro atoms. The van der Waals surface area contributed by atoms with Crippen LogP contribution in [0.15, 0.2) is 97.8 Å². The predicted octanol–water partition coefficient (Wildman–Crippen LogP) is 6.30. The van der Waals surface area contributed by atoms with Crippen LogP contribution in [0.25, 0.3) is 11.1 Å². The van der Waals surface area contributed by atoms with Crippen LogP contribution in [-0.2, 0) is 6.42 Å². The van der Waals surface area contributed by atoms with Crippen LogP contribution >= 0.6 is 0 Å². The van der Waals surface area contributed by atoms with Crippen molar-refractivity contribution in [3.8, 4) is 0 Å². The van der Waals surface area contributed by atoms with Crippen LogP contribution in [0.3, 0.4) is 0 Å². The van der Waals surface area contributed by atoms with E-state index in [4.69, 9.17) is 5.73 Å². The van der Waals surface area contributed by atoms with E-state index in [9.17, 15) is 0 Å². The summed E-state index contributed by atoms with van der Waals surface area (Å²) in [6, 6.07) is 17.0. The minimum absolute atomic E-state index is 0.897. The molecule has 0 aliphatic heterocycles. The minimum atomic E-state index is 0.897. The first kappa shape index (κ1) is 19.3. The Morgan fingerprint density at radius 3 is 2.31 bits per heavy atom. The first-order valence-corrected chi connectivity index (χ1v) is 8.77. The van der Waals surface area contributed by atoms with Crippen molar-refractivity contribution < 1.29 is 0 Å². The van der Waals surface area contributed by atoms with E-state index in [2.05, 4.69) is 73.8 Å². The van der Waals surface area contributed by atoms with Gasteiger partial charge in [-0.1, -0.05) is 79.4 Å². The Morgan fingerprint density at radius 1 is 0.962 bits per heavy atom. The molecule has 2 aromatic rings. The Morgan fingerprint density at radius 2 is 1.65 bits per heavy atom. The van der Waals surface area contributed by atoms with Gasteiger partial charge in [-0.3, -0.25) is 0 Å². The number of benzene rings is 2. The highest BCUT2D eigenvalue weighted by molar-refractivity contribution is 5.80. The third kappa shape index (κ3) is 5.49. The second-order valence-corrected chi connectivity index (χ2v) is 6.44. The molecule has 0 heterocycles. The maximum Gasteiger partial charge on any atom is -0.00597 e. The van der Waals surface area contributed by atoms with E-state index < -0.39 is 0 Å². The number of nitrogens with two attached hydrogens (primary N) is 1. The normalized spacial score (nSPS) is 12.0. The van der Waals surface area contributed by atoms with Gasteiger partial charge in [-0.05, 0) is 72.0 Å². The lowest BCUT2D eigenvalue weighted by atomic mass is 9.95. The summed E-state index contributed by atoms with van der Waals surface area (Å²) in [5.41, 5.74) is 13.3. The third-order valence-electron chi connectivity index (χ3n) is 4.21. The van der Waals surface area contributed by atoms with Gasteiger partial charge in [-0.15, -0.1) is 0 Å². The average molecular weight is 341 g/mol. The summed E-state index contributed by atoms with van der Waals surface area (Å²) in [5.74, 6) is 0. The lowest BCUT2D eigenvalue weighted by molar-refractivity contribution is 1.26. The zero-order chi connectivity index (χ0) is 18.9. The summed E-state index contributed by atoms with van der Waals surface area (Å²) in [6.07, 6.45) is 10.6. The van der Waals surface area contributed by atoms with Crippen molar-refractivity contribution in [2.75, 3.05) is 0 Å². The summed E-state index contributed by atoms with van der Waals surface area (Å²) in [6.45, 7) is 12.3. The monoisotopic (exact) mass is 341 g/mol. The predicted molar refractivity (Wildman–Crippen MR) is 116 cm³/mol. The Balaban J connectivity index is 2.06. The fourth-order valence-corrected chi connectivity index (χ4v) is 2.61. The third-order valence-corrected chi connectivity index (χ3v) is 4.21. The fraction of sp³-hybridized carbons (Fsp3) is 0.120. The van der Waals surface area contributed by atoms with Gasteiger partial charge in [-0.2, -0.15) is 0 Å². The highest BCUT2D eigenvalue weighted by Crippen LogP contribution is 2.24. The standard InChI is InChI=1S/C25H27N/c1-19(2)24-10-7-11-25(18-24)21(4)23-14-12-22(13-15-23)9-6-5-8-20(3)16-17-26/h5-8,10-18H,1,4,9,26H2,2-3H3/b6-5+,17-16-,20-8-. The topological polar surface area (TPSA) is 26.0 Å². The second kappa shape index (κ2) is 9.43. The van der Waals surface area contributed by atoms with Gasteiger partial charge in [-0.25, -0.2) is 0 Å². The van der Waals surface area contributed by atoms with Gasteiger partial charge >= 0.3 is 0 Å². The van der Waals surface area contributed by atoms with Gasteiger partial charge in [0.2, 0.25) is 0 Å². The number of allylic oxidation sites excluding steroid dienone is 6. The van der Waals surface area contributed by atoms with E-state index in [-0.39, 0.29) is 0 Å². The zero-order valence-electron chi connectivity index (χ0n) is 15.7. The molecule has 0 atom stereocenters. The quantitative estimate of drug-likeness (QED) is 0.588. The fourth-order valence-electron chi connectivity index (χ4n) is 2.61. The summed E-state index contributed by atoms with van der Waals surface area (Å²) in [4.78, 5) is 0. The molecule has 0 aromatic heterocycles. The molecule has 0 amide bonds. The van der Waals surface area contributed by atoms with Crippen molar-refractivity contribution in [1.82, 2.24) is 0 Å². The van der Waals surface area contributed by atoms with Crippen LogP contribution in [-0.4, -0.2) is 0 Å². The molecular formula is C25H27N. The average Bonchev–Trinajstić information content (AvgIpc) is 2.65. The van der Waals surface area contributed by atoms with Gasteiger partial charge in [0.1, 0.15) is 0 Å². The maximum absolute atomic E-state index is 5.37. The van der Waals surface area contributed by atoms with E-state index in [1.807, 2.05) is 26.0 Å². The molecule has 132 valence electrons. The van der Waals surface area contributed by atoms with Crippen molar-refractivity contribution in [2.45, 2.75) is 20.3 Å².